The maximum Gasteiger partial charge on any atom is 0.330 e. The Balaban J connectivity index is 3.02. The number of aliphatic hydroxyl groups is 2. The van der Waals surface area contributed by atoms with Crippen LogP contribution in [0.1, 0.15) is 26.0 Å². The van der Waals surface area contributed by atoms with Gasteiger partial charge < -0.3 is 14.9 Å². The first-order valence-corrected chi connectivity index (χ1v) is 6.03. The number of aliphatic hydroxyl groups excluding tert-OH is 2. The smallest absolute Gasteiger partial charge is 0.330 e. The van der Waals surface area contributed by atoms with Crippen LogP contribution in [0.2, 0.25) is 0 Å². The van der Waals surface area contributed by atoms with E-state index in [9.17, 15) is 19.5 Å². The van der Waals surface area contributed by atoms with Gasteiger partial charge in [-0.2, -0.15) is 0 Å². The number of nitrogens with one attached hydrogen (secondary N) is 1. The van der Waals surface area contributed by atoms with Crippen LogP contribution < -0.4 is 11.2 Å². The van der Waals surface area contributed by atoms with Crippen LogP contribution in [0.25, 0.3) is 0 Å². The van der Waals surface area contributed by atoms with E-state index >= 15 is 0 Å². The molecule has 0 aliphatic carbocycles. The van der Waals surface area contributed by atoms with Crippen LogP contribution >= 0.6 is 0 Å². The van der Waals surface area contributed by atoms with Crippen LogP contribution in [0.15, 0.2) is 21.9 Å². The summed E-state index contributed by atoms with van der Waals surface area (Å²) in [5.74, 6) is -0.594. The first-order chi connectivity index (χ1) is 9.34. The van der Waals surface area contributed by atoms with E-state index < -0.39 is 28.9 Å². The summed E-state index contributed by atoms with van der Waals surface area (Å²) in [4.78, 5) is 36.2. The average Bonchev–Trinajstić information content (AvgIpc) is 2.37. The third-order valence-corrected chi connectivity index (χ3v) is 3.15. The molecule has 3 N–H and O–H groups in total. The van der Waals surface area contributed by atoms with Gasteiger partial charge in [-0.15, -0.1) is 0 Å². The summed E-state index contributed by atoms with van der Waals surface area (Å²) in [5.41, 5.74) is -2.50. The third kappa shape index (κ3) is 3.55. The molecular weight excluding hydrogens is 268 g/mol. The maximum atomic E-state index is 11.7. The van der Waals surface area contributed by atoms with Crippen LogP contribution in [0.5, 0.6) is 0 Å². The standard InChI is InChI=1S/C12H18N2O6/c1-12(4-6-15,10(18)20-2)7-9(17)14-5-3-8(16)13-11(14)19/h3,5,9,15,17H,4,6-7H2,1-2H3,(H,13,16,19)/t9-,12-/m0/s1. The number of carbonyl (C=O) groups is 1. The lowest BCUT2D eigenvalue weighted by atomic mass is 9.83. The van der Waals surface area contributed by atoms with E-state index in [1.54, 1.807) is 0 Å². The van der Waals surface area contributed by atoms with Crippen molar-refractivity contribution in [1.82, 2.24) is 9.55 Å². The minimum Gasteiger partial charge on any atom is -0.469 e. The Hall–Kier alpha value is -1.93. The van der Waals surface area contributed by atoms with Crippen molar-refractivity contribution in [1.29, 1.82) is 0 Å². The molecule has 0 aliphatic rings. The van der Waals surface area contributed by atoms with Crippen LogP contribution in [-0.2, 0) is 9.53 Å². The van der Waals surface area contributed by atoms with Crippen molar-refractivity contribution in [3.8, 4) is 0 Å². The lowest BCUT2D eigenvalue weighted by Gasteiger charge is -2.28. The maximum absolute atomic E-state index is 11.7. The number of H-pyrrole nitrogens is 1. The molecule has 1 rings (SSSR count). The molecule has 1 heterocycles. The van der Waals surface area contributed by atoms with Crippen LogP contribution in [0.4, 0.5) is 0 Å². The molecular formula is C12H18N2O6. The lowest BCUT2D eigenvalue weighted by molar-refractivity contribution is -0.155. The molecule has 8 nitrogen and oxygen atoms in total. The average molecular weight is 286 g/mol. The highest BCUT2D eigenvalue weighted by molar-refractivity contribution is 5.76. The second kappa shape index (κ2) is 6.49. The molecule has 0 aliphatic heterocycles. The molecule has 20 heavy (non-hydrogen) atoms. The summed E-state index contributed by atoms with van der Waals surface area (Å²) < 4.78 is 5.55. The Morgan fingerprint density at radius 2 is 2.20 bits per heavy atom. The van der Waals surface area contributed by atoms with Gasteiger partial charge in [0, 0.05) is 25.3 Å². The first-order valence-electron chi connectivity index (χ1n) is 6.03. The summed E-state index contributed by atoms with van der Waals surface area (Å²) >= 11 is 0. The lowest BCUT2D eigenvalue weighted by Crippen LogP contribution is -2.37. The van der Waals surface area contributed by atoms with Gasteiger partial charge in [-0.25, -0.2) is 4.79 Å². The molecule has 0 saturated heterocycles. The van der Waals surface area contributed by atoms with Crippen molar-refractivity contribution in [2.75, 3.05) is 13.7 Å². The highest BCUT2D eigenvalue weighted by atomic mass is 16.5. The Kier molecular flexibility index (Phi) is 5.23. The van der Waals surface area contributed by atoms with Crippen LogP contribution in [-0.4, -0.2) is 39.5 Å². The highest BCUT2D eigenvalue weighted by Gasteiger charge is 2.36. The fourth-order valence-electron chi connectivity index (χ4n) is 1.94. The molecule has 0 radical (unpaired) electrons. The number of carbonyl (C=O) groups excluding carboxylic acids is 1. The summed E-state index contributed by atoms with van der Waals surface area (Å²) in [6, 6.07) is 1.09. The van der Waals surface area contributed by atoms with E-state index in [1.165, 1.54) is 14.0 Å². The van der Waals surface area contributed by atoms with Gasteiger partial charge in [0.15, 0.2) is 0 Å². The Morgan fingerprint density at radius 1 is 1.55 bits per heavy atom. The summed E-state index contributed by atoms with van der Waals surface area (Å²) in [5, 5.41) is 19.1. The van der Waals surface area contributed by atoms with Gasteiger partial charge in [-0.3, -0.25) is 19.1 Å². The minimum absolute atomic E-state index is 0.0782. The molecule has 0 amide bonds. The fourth-order valence-corrected chi connectivity index (χ4v) is 1.94. The molecule has 8 heteroatoms. The van der Waals surface area contributed by atoms with Gasteiger partial charge >= 0.3 is 11.7 Å². The Morgan fingerprint density at radius 3 is 2.70 bits per heavy atom. The molecule has 0 bridgehead atoms. The van der Waals surface area contributed by atoms with Crippen molar-refractivity contribution < 1.29 is 19.7 Å². The second-order valence-electron chi connectivity index (χ2n) is 4.73. The Bertz CT molecular complexity index is 578. The van der Waals surface area contributed by atoms with Gasteiger partial charge in [0.05, 0.1) is 12.5 Å². The quantitative estimate of drug-likeness (QED) is 0.575. The van der Waals surface area contributed by atoms with Gasteiger partial charge in [0.1, 0.15) is 6.23 Å². The van der Waals surface area contributed by atoms with E-state index in [2.05, 4.69) is 4.74 Å². The van der Waals surface area contributed by atoms with Crippen molar-refractivity contribution in [3.05, 3.63) is 33.1 Å². The van der Waals surface area contributed by atoms with E-state index in [4.69, 9.17) is 5.11 Å². The molecule has 0 aromatic carbocycles. The summed E-state index contributed by atoms with van der Waals surface area (Å²) in [6.45, 7) is 1.26. The van der Waals surface area contributed by atoms with E-state index in [0.29, 0.717) is 0 Å². The number of ether oxygens (including phenoxy) is 1. The highest BCUT2D eigenvalue weighted by Crippen LogP contribution is 2.31. The number of rotatable bonds is 6. The van der Waals surface area contributed by atoms with Gasteiger partial charge in [-0.05, 0) is 13.3 Å². The number of aromatic nitrogens is 2. The third-order valence-electron chi connectivity index (χ3n) is 3.15. The van der Waals surface area contributed by atoms with Crippen LogP contribution in [0, 0.1) is 5.41 Å². The molecule has 1 aromatic rings. The fraction of sp³-hybridized carbons (Fsp3) is 0.583. The van der Waals surface area contributed by atoms with E-state index in [-0.39, 0.29) is 19.4 Å². The first kappa shape index (κ1) is 16.1. The molecule has 2 atom stereocenters. The summed E-state index contributed by atoms with van der Waals surface area (Å²) in [6.07, 6.45) is -0.237. The van der Waals surface area contributed by atoms with E-state index in [1.807, 2.05) is 4.98 Å². The van der Waals surface area contributed by atoms with Crippen molar-refractivity contribution in [3.63, 3.8) is 0 Å². The van der Waals surface area contributed by atoms with Crippen molar-refractivity contribution in [2.45, 2.75) is 26.0 Å². The number of nitrogens with zero attached hydrogens (tertiary/aromatic N) is 1. The van der Waals surface area contributed by atoms with Gasteiger partial charge in [-0.1, -0.05) is 0 Å². The summed E-state index contributed by atoms with van der Waals surface area (Å²) in [7, 11) is 1.20. The topological polar surface area (TPSA) is 122 Å². The van der Waals surface area contributed by atoms with Crippen molar-refractivity contribution >= 4 is 5.97 Å². The zero-order valence-corrected chi connectivity index (χ0v) is 11.3. The van der Waals surface area contributed by atoms with Crippen molar-refractivity contribution in [2.24, 2.45) is 5.41 Å². The predicted molar refractivity (Wildman–Crippen MR) is 69.0 cm³/mol. The zero-order chi connectivity index (χ0) is 15.3. The normalized spacial score (nSPS) is 15.4. The number of aromatic amines is 1. The van der Waals surface area contributed by atoms with Gasteiger partial charge in [0.25, 0.3) is 5.56 Å². The van der Waals surface area contributed by atoms with Gasteiger partial charge in [0.2, 0.25) is 0 Å². The second-order valence-corrected chi connectivity index (χ2v) is 4.73. The zero-order valence-electron chi connectivity index (χ0n) is 11.3. The number of methoxy groups -OCH3 is 1. The molecule has 0 unspecified atom stereocenters. The molecule has 0 fully saturated rings. The number of esters is 1. The minimum atomic E-state index is -1.32. The van der Waals surface area contributed by atoms with Crippen LogP contribution in [0.3, 0.4) is 0 Å². The predicted octanol–water partition coefficient (Wildman–Crippen LogP) is -1.02. The SMILES string of the molecule is COC(=O)[C@@](C)(CCO)C[C@H](O)n1ccc(=O)[nH]c1=O. The molecule has 1 aromatic heterocycles. The largest absolute Gasteiger partial charge is 0.469 e. The molecule has 0 saturated carbocycles. The number of hydrogen-bond donors (Lipinski definition) is 3. The molecule has 112 valence electrons. The molecule has 0 spiro atoms. The Labute approximate surface area is 114 Å². The van der Waals surface area contributed by atoms with E-state index in [0.717, 1.165) is 16.8 Å². The monoisotopic (exact) mass is 286 g/mol. The number of hydrogen-bond acceptors (Lipinski definition) is 6.